The van der Waals surface area contributed by atoms with E-state index in [4.69, 9.17) is 19.0 Å². The number of benzene rings is 1. The van der Waals surface area contributed by atoms with Crippen LogP contribution in [0.1, 0.15) is 31.2 Å². The highest BCUT2D eigenvalue weighted by molar-refractivity contribution is 5.70. The van der Waals surface area contributed by atoms with Crippen LogP contribution in [-0.2, 0) is 19.1 Å². The number of nitrogens with one attached hydrogen (secondary N) is 1. The lowest BCUT2D eigenvalue weighted by Gasteiger charge is -2.36. The lowest BCUT2D eigenvalue weighted by atomic mass is 9.86. The first-order valence-electron chi connectivity index (χ1n) is 7.41. The van der Waals surface area contributed by atoms with Crippen LogP contribution in [0.5, 0.6) is 5.75 Å². The first-order valence-corrected chi connectivity index (χ1v) is 7.41. The first-order chi connectivity index (χ1) is 10.7. The predicted octanol–water partition coefficient (Wildman–Crippen LogP) is 2.00. The van der Waals surface area contributed by atoms with Crippen molar-refractivity contribution in [2.24, 2.45) is 0 Å². The smallest absolute Gasteiger partial charge is 0.307 e. The summed E-state index contributed by atoms with van der Waals surface area (Å²) in [5.41, 5.74) is 4.05. The van der Waals surface area contributed by atoms with E-state index < -0.39 is 0 Å². The largest absolute Gasteiger partial charge is 0.497 e. The summed E-state index contributed by atoms with van der Waals surface area (Å²) in [6.07, 6.45) is 0.590. The highest BCUT2D eigenvalue weighted by Gasteiger charge is 2.34. The number of ether oxygens (including phenoxy) is 3. The molecule has 1 aliphatic rings. The van der Waals surface area contributed by atoms with E-state index in [1.54, 1.807) is 7.11 Å². The third-order valence-corrected chi connectivity index (χ3v) is 3.79. The second kappa shape index (κ2) is 8.12. The molecule has 0 aromatic heterocycles. The molecule has 1 saturated heterocycles. The summed E-state index contributed by atoms with van der Waals surface area (Å²) in [4.78, 5) is 17.1. The highest BCUT2D eigenvalue weighted by atomic mass is 16.8. The van der Waals surface area contributed by atoms with E-state index in [2.05, 4.69) is 5.48 Å². The molecule has 22 heavy (non-hydrogen) atoms. The zero-order valence-electron chi connectivity index (χ0n) is 13.2. The summed E-state index contributed by atoms with van der Waals surface area (Å²) in [6, 6.07) is 7.68. The molecule has 6 nitrogen and oxygen atoms in total. The van der Waals surface area contributed by atoms with E-state index in [0.717, 1.165) is 11.3 Å². The van der Waals surface area contributed by atoms with Crippen LogP contribution in [0.4, 0.5) is 0 Å². The molecule has 1 heterocycles. The fraction of sp³-hybridized carbons (Fsp3) is 0.562. The Labute approximate surface area is 130 Å². The van der Waals surface area contributed by atoms with Gasteiger partial charge in [-0.05, 0) is 24.6 Å². The number of methoxy groups -OCH3 is 2. The summed E-state index contributed by atoms with van der Waals surface area (Å²) in [6.45, 7) is 2.50. The number of carbonyl (C=O) groups excluding carboxylic acids is 1. The third kappa shape index (κ3) is 4.19. The Hall–Kier alpha value is -1.63. The lowest BCUT2D eigenvalue weighted by Crippen LogP contribution is -2.46. The average molecular weight is 309 g/mol. The molecular weight excluding hydrogens is 286 g/mol. The number of hydrogen-bond acceptors (Lipinski definition) is 6. The van der Waals surface area contributed by atoms with Crippen LogP contribution in [0.3, 0.4) is 0 Å². The standard InChI is InChI=1S/C16H23NO5/c1-4-21-16-9-13(11-5-7-12(19-2)8-6-11)14(17-22-16)10-15(18)20-3/h5-8,13-14,16-17H,4,9-10H2,1-3H3/t13-,14-,16-/m0/s1. The van der Waals surface area contributed by atoms with Crippen LogP contribution in [-0.4, -0.2) is 39.1 Å². The Balaban J connectivity index is 2.15. The van der Waals surface area contributed by atoms with Gasteiger partial charge in [0.25, 0.3) is 0 Å². The second-order valence-corrected chi connectivity index (χ2v) is 5.12. The van der Waals surface area contributed by atoms with Gasteiger partial charge in [0, 0.05) is 25.0 Å². The molecule has 0 bridgehead atoms. The van der Waals surface area contributed by atoms with E-state index in [9.17, 15) is 4.79 Å². The van der Waals surface area contributed by atoms with Crippen molar-refractivity contribution in [3.05, 3.63) is 29.8 Å². The molecule has 6 heteroatoms. The molecule has 0 unspecified atom stereocenters. The molecule has 0 spiro atoms. The molecule has 122 valence electrons. The Bertz CT molecular complexity index is 476. The fourth-order valence-corrected chi connectivity index (χ4v) is 2.62. The molecule has 1 aromatic rings. The molecule has 3 atom stereocenters. The van der Waals surface area contributed by atoms with E-state index in [-0.39, 0.29) is 30.6 Å². The topological polar surface area (TPSA) is 66.0 Å². The van der Waals surface area contributed by atoms with Crippen LogP contribution in [0.15, 0.2) is 24.3 Å². The SMILES string of the molecule is CCO[C@@H]1C[C@@H](c2ccc(OC)cc2)[C@H](CC(=O)OC)NO1. The first kappa shape index (κ1) is 16.7. The van der Waals surface area contributed by atoms with Crippen molar-refractivity contribution in [1.82, 2.24) is 5.48 Å². The molecule has 2 rings (SSSR count). The fourth-order valence-electron chi connectivity index (χ4n) is 2.62. The molecule has 0 saturated carbocycles. The summed E-state index contributed by atoms with van der Waals surface area (Å²) in [5.74, 6) is 0.624. The van der Waals surface area contributed by atoms with Gasteiger partial charge in [-0.3, -0.25) is 9.63 Å². The number of rotatable bonds is 6. The van der Waals surface area contributed by atoms with Gasteiger partial charge >= 0.3 is 5.97 Å². The summed E-state index contributed by atoms with van der Waals surface area (Å²) >= 11 is 0. The average Bonchev–Trinajstić information content (AvgIpc) is 2.56. The highest BCUT2D eigenvalue weighted by Crippen LogP contribution is 2.32. The third-order valence-electron chi connectivity index (χ3n) is 3.79. The molecule has 1 aromatic carbocycles. The number of esters is 1. The van der Waals surface area contributed by atoms with Gasteiger partial charge in [-0.2, -0.15) is 5.48 Å². The molecule has 1 fully saturated rings. The van der Waals surface area contributed by atoms with Crippen LogP contribution in [0.25, 0.3) is 0 Å². The number of hydrogen-bond donors (Lipinski definition) is 1. The van der Waals surface area contributed by atoms with E-state index in [1.165, 1.54) is 7.11 Å². The summed E-state index contributed by atoms with van der Waals surface area (Å²) in [5, 5.41) is 0. The van der Waals surface area contributed by atoms with Crippen molar-refractivity contribution in [2.75, 3.05) is 20.8 Å². The van der Waals surface area contributed by atoms with Crippen molar-refractivity contribution < 1.29 is 23.8 Å². The van der Waals surface area contributed by atoms with Crippen molar-refractivity contribution in [3.63, 3.8) is 0 Å². The maximum Gasteiger partial charge on any atom is 0.307 e. The molecular formula is C16H23NO5. The van der Waals surface area contributed by atoms with Gasteiger partial charge in [0.1, 0.15) is 5.75 Å². The normalized spacial score (nSPS) is 24.8. The lowest BCUT2D eigenvalue weighted by molar-refractivity contribution is -0.216. The van der Waals surface area contributed by atoms with Crippen molar-refractivity contribution >= 4 is 5.97 Å². The molecule has 0 aliphatic carbocycles. The second-order valence-electron chi connectivity index (χ2n) is 5.12. The van der Waals surface area contributed by atoms with Gasteiger partial charge in [-0.25, -0.2) is 0 Å². The van der Waals surface area contributed by atoms with Gasteiger partial charge in [0.2, 0.25) is 0 Å². The van der Waals surface area contributed by atoms with E-state index >= 15 is 0 Å². The Morgan fingerprint density at radius 1 is 1.32 bits per heavy atom. The van der Waals surface area contributed by atoms with Crippen molar-refractivity contribution in [1.29, 1.82) is 0 Å². The molecule has 0 amide bonds. The minimum absolute atomic E-state index is 0.0929. The van der Waals surface area contributed by atoms with Gasteiger partial charge in [0.05, 0.1) is 20.6 Å². The monoisotopic (exact) mass is 309 g/mol. The minimum atomic E-state index is -0.328. The van der Waals surface area contributed by atoms with Gasteiger partial charge < -0.3 is 14.2 Å². The van der Waals surface area contributed by atoms with Gasteiger partial charge in [0.15, 0.2) is 6.29 Å². The van der Waals surface area contributed by atoms with Crippen molar-refractivity contribution in [2.45, 2.75) is 38.0 Å². The molecule has 1 N–H and O–H groups in total. The predicted molar refractivity (Wildman–Crippen MR) is 80.4 cm³/mol. The Morgan fingerprint density at radius 2 is 2.05 bits per heavy atom. The van der Waals surface area contributed by atoms with Crippen LogP contribution in [0.2, 0.25) is 0 Å². The van der Waals surface area contributed by atoms with Crippen LogP contribution >= 0.6 is 0 Å². The van der Waals surface area contributed by atoms with E-state index in [0.29, 0.717) is 13.0 Å². The Kier molecular flexibility index (Phi) is 6.18. The maximum absolute atomic E-state index is 11.6. The van der Waals surface area contributed by atoms with Gasteiger partial charge in [-0.1, -0.05) is 12.1 Å². The summed E-state index contributed by atoms with van der Waals surface area (Å²) in [7, 11) is 3.02. The maximum atomic E-state index is 11.6. The zero-order chi connectivity index (χ0) is 15.9. The molecule has 1 aliphatic heterocycles. The van der Waals surface area contributed by atoms with Gasteiger partial charge in [-0.15, -0.1) is 0 Å². The quantitative estimate of drug-likeness (QED) is 0.811. The van der Waals surface area contributed by atoms with Crippen LogP contribution in [0, 0.1) is 0 Å². The summed E-state index contributed by atoms with van der Waals surface area (Å²) < 4.78 is 15.5. The minimum Gasteiger partial charge on any atom is -0.497 e. The number of carbonyl (C=O) groups is 1. The van der Waals surface area contributed by atoms with Crippen molar-refractivity contribution in [3.8, 4) is 5.75 Å². The van der Waals surface area contributed by atoms with E-state index in [1.807, 2.05) is 31.2 Å². The number of hydroxylamine groups is 1. The zero-order valence-corrected chi connectivity index (χ0v) is 13.2. The Morgan fingerprint density at radius 3 is 2.64 bits per heavy atom. The van der Waals surface area contributed by atoms with Crippen LogP contribution < -0.4 is 10.2 Å². The molecule has 0 radical (unpaired) electrons.